The van der Waals surface area contributed by atoms with Gasteiger partial charge in [-0.3, -0.25) is 9.52 Å². The lowest BCUT2D eigenvalue weighted by atomic mass is 10.1. The molecule has 1 saturated heterocycles. The van der Waals surface area contributed by atoms with Gasteiger partial charge in [0.15, 0.2) is 0 Å². The number of carbonyl (C=O) groups excluding carboxylic acids is 1. The zero-order valence-corrected chi connectivity index (χ0v) is 18.2. The summed E-state index contributed by atoms with van der Waals surface area (Å²) >= 11 is 0. The molecule has 0 bridgehead atoms. The number of rotatable bonds is 9. The van der Waals surface area contributed by atoms with Gasteiger partial charge < -0.3 is 15.0 Å². The molecular formula is C22H29N3O4S. The van der Waals surface area contributed by atoms with E-state index in [0.717, 1.165) is 19.6 Å². The van der Waals surface area contributed by atoms with Crippen LogP contribution in [0.5, 0.6) is 5.75 Å². The van der Waals surface area contributed by atoms with Crippen molar-refractivity contribution in [3.8, 4) is 5.75 Å². The number of ether oxygens (including phenoxy) is 1. The lowest BCUT2D eigenvalue weighted by Crippen LogP contribution is -2.34. The molecule has 1 aliphatic heterocycles. The molecule has 8 heteroatoms. The van der Waals surface area contributed by atoms with Crippen LogP contribution in [0.2, 0.25) is 0 Å². The number of hydrogen-bond acceptors (Lipinski definition) is 5. The van der Waals surface area contributed by atoms with Gasteiger partial charge in [0.1, 0.15) is 5.75 Å². The van der Waals surface area contributed by atoms with Crippen molar-refractivity contribution in [3.05, 3.63) is 54.1 Å². The largest absolute Gasteiger partial charge is 0.497 e. The quantitative estimate of drug-likeness (QED) is 0.637. The minimum atomic E-state index is -3.74. The maximum Gasteiger partial charge on any atom is 0.261 e. The van der Waals surface area contributed by atoms with Crippen LogP contribution >= 0.6 is 0 Å². The van der Waals surface area contributed by atoms with Crippen LogP contribution < -0.4 is 14.8 Å². The first-order valence-corrected chi connectivity index (χ1v) is 11.6. The second-order valence-electron chi connectivity index (χ2n) is 7.68. The van der Waals surface area contributed by atoms with Gasteiger partial charge in [0.2, 0.25) is 0 Å². The van der Waals surface area contributed by atoms with Gasteiger partial charge in [-0.05, 0) is 80.4 Å². The average molecular weight is 432 g/mol. The molecule has 0 radical (unpaired) electrons. The molecule has 1 amide bonds. The van der Waals surface area contributed by atoms with Crippen LogP contribution in [-0.4, -0.2) is 52.5 Å². The molecule has 0 aliphatic carbocycles. The number of nitrogens with zero attached hydrogens (tertiary/aromatic N) is 1. The smallest absolute Gasteiger partial charge is 0.261 e. The monoisotopic (exact) mass is 431 g/mol. The van der Waals surface area contributed by atoms with Crippen molar-refractivity contribution in [1.29, 1.82) is 0 Å². The van der Waals surface area contributed by atoms with Crippen LogP contribution in [0.3, 0.4) is 0 Å². The third-order valence-electron chi connectivity index (χ3n) is 5.15. The standard InChI is InChI=1S/C22H29N3O4S/c1-17(16-25-13-3-4-14-25)15-23-22(26)18-5-11-21(12-6-18)30(27,28)24-19-7-9-20(29-2)10-8-19/h5-12,17,24H,3-4,13-16H2,1-2H3,(H,23,26)/t17-/m1/s1. The predicted molar refractivity (Wildman–Crippen MR) is 117 cm³/mol. The van der Waals surface area contributed by atoms with Crippen LogP contribution in [0.4, 0.5) is 5.69 Å². The molecule has 0 spiro atoms. The summed E-state index contributed by atoms with van der Waals surface area (Å²) in [5, 5.41) is 2.94. The zero-order valence-electron chi connectivity index (χ0n) is 17.4. The first kappa shape index (κ1) is 22.1. The van der Waals surface area contributed by atoms with Gasteiger partial charge in [0.25, 0.3) is 15.9 Å². The Morgan fingerprint density at radius 2 is 1.70 bits per heavy atom. The summed E-state index contributed by atoms with van der Waals surface area (Å²) in [5.41, 5.74) is 0.872. The van der Waals surface area contributed by atoms with Gasteiger partial charge in [0, 0.05) is 24.3 Å². The summed E-state index contributed by atoms with van der Waals surface area (Å²) in [7, 11) is -2.20. The van der Waals surface area contributed by atoms with Gasteiger partial charge in [-0.15, -0.1) is 0 Å². The highest BCUT2D eigenvalue weighted by atomic mass is 32.2. The third-order valence-corrected chi connectivity index (χ3v) is 6.55. The van der Waals surface area contributed by atoms with Crippen LogP contribution in [-0.2, 0) is 10.0 Å². The minimum Gasteiger partial charge on any atom is -0.497 e. The predicted octanol–water partition coefficient (Wildman–Crippen LogP) is 2.96. The molecule has 2 N–H and O–H groups in total. The lowest BCUT2D eigenvalue weighted by Gasteiger charge is -2.20. The Kier molecular flexibility index (Phi) is 7.33. The summed E-state index contributed by atoms with van der Waals surface area (Å²) in [5.74, 6) is 0.804. The van der Waals surface area contributed by atoms with Crippen LogP contribution in [0.1, 0.15) is 30.1 Å². The molecule has 162 valence electrons. The van der Waals surface area contributed by atoms with Crippen molar-refractivity contribution in [1.82, 2.24) is 10.2 Å². The maximum atomic E-state index is 12.6. The molecule has 2 aromatic rings. The number of benzene rings is 2. The molecule has 3 rings (SSSR count). The van der Waals surface area contributed by atoms with Crippen LogP contribution in [0, 0.1) is 5.92 Å². The topological polar surface area (TPSA) is 87.7 Å². The first-order valence-electron chi connectivity index (χ1n) is 10.1. The van der Waals surface area contributed by atoms with E-state index >= 15 is 0 Å². The molecule has 1 heterocycles. The molecule has 1 aliphatic rings. The minimum absolute atomic E-state index is 0.0947. The number of sulfonamides is 1. The Labute approximate surface area is 178 Å². The van der Waals surface area contributed by atoms with Gasteiger partial charge >= 0.3 is 0 Å². The highest BCUT2D eigenvalue weighted by molar-refractivity contribution is 7.92. The van der Waals surface area contributed by atoms with Crippen molar-refractivity contribution in [2.24, 2.45) is 5.92 Å². The molecule has 1 atom stereocenters. The third kappa shape index (κ3) is 5.96. The molecule has 0 aromatic heterocycles. The van der Waals surface area contributed by atoms with Gasteiger partial charge in [0.05, 0.1) is 12.0 Å². The molecule has 2 aromatic carbocycles. The molecule has 0 unspecified atom stereocenters. The Morgan fingerprint density at radius 3 is 2.30 bits per heavy atom. The van der Waals surface area contributed by atoms with E-state index in [1.807, 2.05) is 0 Å². The van der Waals surface area contributed by atoms with Crippen LogP contribution in [0.15, 0.2) is 53.4 Å². The lowest BCUT2D eigenvalue weighted by molar-refractivity contribution is 0.0945. The summed E-state index contributed by atoms with van der Waals surface area (Å²) in [6.07, 6.45) is 2.50. The van der Waals surface area contributed by atoms with Crippen molar-refractivity contribution >= 4 is 21.6 Å². The number of amides is 1. The first-order chi connectivity index (χ1) is 14.4. The fourth-order valence-corrected chi connectivity index (χ4v) is 4.56. The summed E-state index contributed by atoms with van der Waals surface area (Å²) < 4.78 is 32.7. The van der Waals surface area contributed by atoms with Crippen molar-refractivity contribution < 1.29 is 17.9 Å². The highest BCUT2D eigenvalue weighted by Gasteiger charge is 2.17. The fourth-order valence-electron chi connectivity index (χ4n) is 3.50. The van der Waals surface area contributed by atoms with Crippen molar-refractivity contribution in [3.63, 3.8) is 0 Å². The highest BCUT2D eigenvalue weighted by Crippen LogP contribution is 2.19. The maximum absolute atomic E-state index is 12.6. The molecule has 7 nitrogen and oxygen atoms in total. The van der Waals surface area contributed by atoms with E-state index in [-0.39, 0.29) is 10.8 Å². The molecule has 1 fully saturated rings. The Morgan fingerprint density at radius 1 is 1.07 bits per heavy atom. The van der Waals surface area contributed by atoms with E-state index in [4.69, 9.17) is 4.74 Å². The van der Waals surface area contributed by atoms with Gasteiger partial charge in [-0.1, -0.05) is 6.92 Å². The number of hydrogen-bond donors (Lipinski definition) is 2. The number of nitrogens with one attached hydrogen (secondary N) is 2. The van der Waals surface area contributed by atoms with E-state index < -0.39 is 10.0 Å². The van der Waals surface area contributed by atoms with E-state index in [9.17, 15) is 13.2 Å². The summed E-state index contributed by atoms with van der Waals surface area (Å²) in [4.78, 5) is 14.9. The SMILES string of the molecule is COc1ccc(NS(=O)(=O)c2ccc(C(=O)NC[C@@H](C)CN3CCCC3)cc2)cc1. The van der Waals surface area contributed by atoms with Gasteiger partial charge in [-0.2, -0.15) is 0 Å². The van der Waals surface area contributed by atoms with E-state index in [1.165, 1.54) is 37.1 Å². The van der Waals surface area contributed by atoms with Crippen LogP contribution in [0.25, 0.3) is 0 Å². The van der Waals surface area contributed by atoms with Gasteiger partial charge in [-0.25, -0.2) is 8.42 Å². The number of anilines is 1. The average Bonchev–Trinajstić information content (AvgIpc) is 3.25. The van der Waals surface area contributed by atoms with E-state index in [0.29, 0.717) is 29.5 Å². The molecular weight excluding hydrogens is 402 g/mol. The van der Waals surface area contributed by atoms with E-state index in [1.54, 1.807) is 31.4 Å². The fraction of sp³-hybridized carbons (Fsp3) is 0.409. The Balaban J connectivity index is 1.55. The molecule has 30 heavy (non-hydrogen) atoms. The number of likely N-dealkylation sites (tertiary alicyclic amines) is 1. The Hall–Kier alpha value is -2.58. The Bertz CT molecular complexity index is 937. The van der Waals surface area contributed by atoms with E-state index in [2.05, 4.69) is 21.9 Å². The number of carbonyl (C=O) groups is 1. The summed E-state index contributed by atoms with van der Waals surface area (Å²) in [6.45, 7) is 5.97. The summed E-state index contributed by atoms with van der Waals surface area (Å²) in [6, 6.07) is 12.5. The normalized spacial score (nSPS) is 15.5. The van der Waals surface area contributed by atoms with Crippen molar-refractivity contribution in [2.75, 3.05) is 38.0 Å². The zero-order chi connectivity index (χ0) is 21.6. The van der Waals surface area contributed by atoms with Crippen molar-refractivity contribution in [2.45, 2.75) is 24.7 Å². The number of methoxy groups -OCH3 is 1. The molecule has 0 saturated carbocycles. The second-order valence-corrected chi connectivity index (χ2v) is 9.36. The second kappa shape index (κ2) is 9.95.